The Hall–Kier alpha value is -1.35. The molecule has 0 saturated carbocycles. The Morgan fingerprint density at radius 1 is 1.40 bits per heavy atom. The van der Waals surface area contributed by atoms with Crippen LogP contribution in [0.5, 0.6) is 0 Å². The first-order chi connectivity index (χ1) is 7.31. The van der Waals surface area contributed by atoms with E-state index >= 15 is 0 Å². The number of nitrogens with zero attached hydrogens (tertiary/aromatic N) is 2. The van der Waals surface area contributed by atoms with Crippen molar-refractivity contribution in [2.45, 2.75) is 19.5 Å². The zero-order chi connectivity index (χ0) is 10.7. The third kappa shape index (κ3) is 2.18. The van der Waals surface area contributed by atoms with Crippen LogP contribution in [0.4, 0.5) is 0 Å². The molecule has 3 heteroatoms. The van der Waals surface area contributed by atoms with E-state index in [-0.39, 0.29) is 12.6 Å². The van der Waals surface area contributed by atoms with Gasteiger partial charge in [0.1, 0.15) is 0 Å². The summed E-state index contributed by atoms with van der Waals surface area (Å²) in [6, 6.07) is 10.4. The molecule has 1 aromatic rings. The number of amidine groups is 1. The zero-order valence-electron chi connectivity index (χ0n) is 8.93. The summed E-state index contributed by atoms with van der Waals surface area (Å²) in [5.41, 5.74) is 1.26. The molecule has 0 aliphatic carbocycles. The number of hydrogen-bond donors (Lipinski definition) is 1. The number of benzene rings is 1. The lowest BCUT2D eigenvalue weighted by atomic mass is 10.2. The summed E-state index contributed by atoms with van der Waals surface area (Å²) >= 11 is 0. The molecule has 2 rings (SSSR count). The second-order valence-corrected chi connectivity index (χ2v) is 3.84. The molecule has 1 atom stereocenters. The van der Waals surface area contributed by atoms with Crippen molar-refractivity contribution in [3.8, 4) is 0 Å². The van der Waals surface area contributed by atoms with Gasteiger partial charge in [-0.1, -0.05) is 30.3 Å². The highest BCUT2D eigenvalue weighted by atomic mass is 16.3. The molecular weight excluding hydrogens is 188 g/mol. The summed E-state index contributed by atoms with van der Waals surface area (Å²) in [7, 11) is 0. The minimum atomic E-state index is 0.158. The highest BCUT2D eigenvalue weighted by Crippen LogP contribution is 2.14. The maximum absolute atomic E-state index is 9.22. The van der Waals surface area contributed by atoms with Crippen molar-refractivity contribution in [1.29, 1.82) is 0 Å². The fourth-order valence-electron chi connectivity index (χ4n) is 1.87. The first kappa shape index (κ1) is 10.2. The van der Waals surface area contributed by atoms with Gasteiger partial charge in [0.15, 0.2) is 0 Å². The maximum atomic E-state index is 9.22. The molecule has 15 heavy (non-hydrogen) atoms. The topological polar surface area (TPSA) is 35.8 Å². The van der Waals surface area contributed by atoms with E-state index < -0.39 is 0 Å². The highest BCUT2D eigenvalue weighted by molar-refractivity contribution is 5.81. The van der Waals surface area contributed by atoms with Crippen molar-refractivity contribution in [2.24, 2.45) is 4.99 Å². The number of aliphatic imine (C=N–C) groups is 1. The SMILES string of the molecule is CC1=NCC(CO)N1Cc1ccccc1. The van der Waals surface area contributed by atoms with Crippen LogP contribution in [0.1, 0.15) is 12.5 Å². The Kier molecular flexibility index (Phi) is 3.02. The largest absolute Gasteiger partial charge is 0.394 e. The van der Waals surface area contributed by atoms with E-state index in [0.29, 0.717) is 0 Å². The second-order valence-electron chi connectivity index (χ2n) is 3.84. The monoisotopic (exact) mass is 204 g/mol. The molecule has 0 spiro atoms. The average Bonchev–Trinajstić information content (AvgIpc) is 2.62. The molecule has 1 aliphatic heterocycles. The van der Waals surface area contributed by atoms with Gasteiger partial charge in [-0.2, -0.15) is 0 Å². The van der Waals surface area contributed by atoms with Crippen LogP contribution < -0.4 is 0 Å². The lowest BCUT2D eigenvalue weighted by molar-refractivity contribution is 0.192. The molecule has 80 valence electrons. The molecule has 0 fully saturated rings. The zero-order valence-corrected chi connectivity index (χ0v) is 8.93. The minimum Gasteiger partial charge on any atom is -0.394 e. The standard InChI is InChI=1S/C12H16N2O/c1-10-13-7-12(9-15)14(10)8-11-5-3-2-4-6-11/h2-6,12,15H,7-9H2,1H3. The van der Waals surface area contributed by atoms with Gasteiger partial charge in [0.05, 0.1) is 25.0 Å². The first-order valence-electron chi connectivity index (χ1n) is 5.23. The van der Waals surface area contributed by atoms with Gasteiger partial charge in [0, 0.05) is 6.54 Å². The van der Waals surface area contributed by atoms with Gasteiger partial charge in [0.2, 0.25) is 0 Å². The molecule has 1 aromatic carbocycles. The number of rotatable bonds is 3. The first-order valence-corrected chi connectivity index (χ1v) is 5.23. The maximum Gasteiger partial charge on any atom is 0.0965 e. The Labute approximate surface area is 90.1 Å². The van der Waals surface area contributed by atoms with Crippen LogP contribution in [0.2, 0.25) is 0 Å². The molecule has 1 N–H and O–H groups in total. The van der Waals surface area contributed by atoms with Gasteiger partial charge in [-0.05, 0) is 12.5 Å². The van der Waals surface area contributed by atoms with E-state index in [0.717, 1.165) is 18.9 Å². The molecule has 3 nitrogen and oxygen atoms in total. The molecule has 0 aromatic heterocycles. The summed E-state index contributed by atoms with van der Waals surface area (Å²) in [5, 5.41) is 9.22. The van der Waals surface area contributed by atoms with Gasteiger partial charge in [-0.3, -0.25) is 4.99 Å². The Balaban J connectivity index is 2.08. The third-order valence-corrected chi connectivity index (χ3v) is 2.79. The van der Waals surface area contributed by atoms with Gasteiger partial charge < -0.3 is 10.0 Å². The summed E-state index contributed by atoms with van der Waals surface area (Å²) < 4.78 is 0. The molecule has 1 aliphatic rings. The van der Waals surface area contributed by atoms with Crippen molar-refractivity contribution in [1.82, 2.24) is 4.90 Å². The summed E-state index contributed by atoms with van der Waals surface area (Å²) in [5.74, 6) is 1.03. The normalized spacial score (nSPS) is 20.5. The van der Waals surface area contributed by atoms with E-state index in [4.69, 9.17) is 0 Å². The van der Waals surface area contributed by atoms with Crippen LogP contribution in [0.25, 0.3) is 0 Å². The Morgan fingerprint density at radius 3 is 2.80 bits per heavy atom. The average molecular weight is 204 g/mol. The smallest absolute Gasteiger partial charge is 0.0965 e. The van der Waals surface area contributed by atoms with Crippen molar-refractivity contribution >= 4 is 5.84 Å². The lowest BCUT2D eigenvalue weighted by Crippen LogP contribution is -2.37. The van der Waals surface area contributed by atoms with Crippen LogP contribution in [-0.4, -0.2) is 35.0 Å². The summed E-state index contributed by atoms with van der Waals surface area (Å²) in [6.45, 7) is 3.73. The second kappa shape index (κ2) is 4.45. The minimum absolute atomic E-state index is 0.158. The van der Waals surface area contributed by atoms with Crippen LogP contribution in [0, 0.1) is 0 Å². The van der Waals surface area contributed by atoms with Crippen molar-refractivity contribution in [3.05, 3.63) is 35.9 Å². The van der Waals surface area contributed by atoms with E-state index in [9.17, 15) is 5.11 Å². The van der Waals surface area contributed by atoms with E-state index in [1.54, 1.807) is 0 Å². The third-order valence-electron chi connectivity index (χ3n) is 2.79. The Morgan fingerprint density at radius 2 is 2.13 bits per heavy atom. The van der Waals surface area contributed by atoms with Gasteiger partial charge in [-0.15, -0.1) is 0 Å². The predicted molar refractivity (Wildman–Crippen MR) is 60.8 cm³/mol. The molecule has 0 saturated heterocycles. The number of hydrogen-bond acceptors (Lipinski definition) is 3. The lowest BCUT2D eigenvalue weighted by Gasteiger charge is -2.25. The molecule has 0 bridgehead atoms. The summed E-state index contributed by atoms with van der Waals surface area (Å²) in [4.78, 5) is 6.51. The van der Waals surface area contributed by atoms with Crippen LogP contribution in [-0.2, 0) is 6.54 Å². The van der Waals surface area contributed by atoms with Crippen LogP contribution in [0.15, 0.2) is 35.3 Å². The van der Waals surface area contributed by atoms with E-state index in [1.165, 1.54) is 5.56 Å². The van der Waals surface area contributed by atoms with Crippen LogP contribution >= 0.6 is 0 Å². The Bertz CT molecular complexity index is 348. The van der Waals surface area contributed by atoms with E-state index in [1.807, 2.05) is 25.1 Å². The van der Waals surface area contributed by atoms with E-state index in [2.05, 4.69) is 22.0 Å². The predicted octanol–water partition coefficient (Wildman–Crippen LogP) is 1.28. The highest BCUT2D eigenvalue weighted by Gasteiger charge is 2.23. The quantitative estimate of drug-likeness (QED) is 0.805. The molecule has 1 unspecified atom stereocenters. The number of aliphatic hydroxyl groups is 1. The number of aliphatic hydroxyl groups excluding tert-OH is 1. The van der Waals surface area contributed by atoms with Gasteiger partial charge >= 0.3 is 0 Å². The fourth-order valence-corrected chi connectivity index (χ4v) is 1.87. The molecular formula is C12H16N2O. The fraction of sp³-hybridized carbons (Fsp3) is 0.417. The van der Waals surface area contributed by atoms with Crippen molar-refractivity contribution < 1.29 is 5.11 Å². The van der Waals surface area contributed by atoms with Crippen molar-refractivity contribution in [3.63, 3.8) is 0 Å². The van der Waals surface area contributed by atoms with Gasteiger partial charge in [-0.25, -0.2) is 0 Å². The molecule has 0 radical (unpaired) electrons. The van der Waals surface area contributed by atoms with Crippen molar-refractivity contribution in [2.75, 3.05) is 13.2 Å². The van der Waals surface area contributed by atoms with Crippen LogP contribution in [0.3, 0.4) is 0 Å². The molecule has 1 heterocycles. The molecule has 0 amide bonds. The van der Waals surface area contributed by atoms with Gasteiger partial charge in [0.25, 0.3) is 0 Å². The summed E-state index contributed by atoms with van der Waals surface area (Å²) in [6.07, 6.45) is 0.